The summed E-state index contributed by atoms with van der Waals surface area (Å²) in [4.78, 5) is 11.1. The Labute approximate surface area is 149 Å². The SMILES string of the molecule is CCOc1cc(C=O)c(Br)cc1OCc1ccc2ccccc2c1. The van der Waals surface area contributed by atoms with E-state index in [0.717, 1.165) is 11.8 Å². The highest BCUT2D eigenvalue weighted by Gasteiger charge is 2.11. The molecule has 0 saturated carbocycles. The Kier molecular flexibility index (Phi) is 5.16. The van der Waals surface area contributed by atoms with E-state index in [-0.39, 0.29) is 0 Å². The van der Waals surface area contributed by atoms with E-state index in [1.165, 1.54) is 10.8 Å². The molecule has 3 aromatic rings. The molecule has 0 atom stereocenters. The Morgan fingerprint density at radius 1 is 0.958 bits per heavy atom. The van der Waals surface area contributed by atoms with E-state index in [1.54, 1.807) is 12.1 Å². The van der Waals surface area contributed by atoms with Gasteiger partial charge in [0.2, 0.25) is 0 Å². The quantitative estimate of drug-likeness (QED) is 0.534. The summed E-state index contributed by atoms with van der Waals surface area (Å²) in [5.74, 6) is 1.19. The molecule has 0 bridgehead atoms. The third-order valence-electron chi connectivity index (χ3n) is 3.70. The number of halogens is 1. The highest BCUT2D eigenvalue weighted by atomic mass is 79.9. The van der Waals surface area contributed by atoms with E-state index >= 15 is 0 Å². The Morgan fingerprint density at radius 3 is 2.46 bits per heavy atom. The van der Waals surface area contributed by atoms with Crippen LogP contribution in [-0.2, 0) is 6.61 Å². The normalized spacial score (nSPS) is 10.6. The molecule has 0 spiro atoms. The Balaban J connectivity index is 1.84. The van der Waals surface area contributed by atoms with Crippen LogP contribution in [0.25, 0.3) is 10.8 Å². The van der Waals surface area contributed by atoms with Gasteiger partial charge in [-0.25, -0.2) is 0 Å². The first-order chi connectivity index (χ1) is 11.7. The molecular formula is C20H17BrO3. The molecule has 24 heavy (non-hydrogen) atoms. The molecule has 0 aliphatic carbocycles. The van der Waals surface area contributed by atoms with Crippen LogP contribution >= 0.6 is 15.9 Å². The second-order valence-corrected chi connectivity index (χ2v) is 6.20. The van der Waals surface area contributed by atoms with Gasteiger partial charge in [0.15, 0.2) is 17.8 Å². The molecule has 0 aromatic heterocycles. The van der Waals surface area contributed by atoms with Crippen molar-refractivity contribution in [2.75, 3.05) is 6.61 Å². The number of fused-ring (bicyclic) bond motifs is 1. The molecule has 0 fully saturated rings. The second kappa shape index (κ2) is 7.49. The monoisotopic (exact) mass is 384 g/mol. The van der Waals surface area contributed by atoms with Crippen LogP contribution in [0, 0.1) is 0 Å². The van der Waals surface area contributed by atoms with Gasteiger partial charge in [-0.05, 0) is 57.4 Å². The van der Waals surface area contributed by atoms with Crippen LogP contribution in [0.4, 0.5) is 0 Å². The van der Waals surface area contributed by atoms with Gasteiger partial charge in [0.05, 0.1) is 6.61 Å². The van der Waals surface area contributed by atoms with Gasteiger partial charge in [-0.15, -0.1) is 0 Å². The molecule has 0 unspecified atom stereocenters. The van der Waals surface area contributed by atoms with Crippen LogP contribution in [0.1, 0.15) is 22.8 Å². The van der Waals surface area contributed by atoms with Crippen molar-refractivity contribution in [3.63, 3.8) is 0 Å². The average molecular weight is 385 g/mol. The number of aldehydes is 1. The van der Waals surface area contributed by atoms with Crippen LogP contribution in [-0.4, -0.2) is 12.9 Å². The summed E-state index contributed by atoms with van der Waals surface area (Å²) in [5.41, 5.74) is 1.61. The van der Waals surface area contributed by atoms with E-state index < -0.39 is 0 Å². The molecule has 0 radical (unpaired) electrons. The predicted molar refractivity (Wildman–Crippen MR) is 99.0 cm³/mol. The molecule has 0 saturated heterocycles. The van der Waals surface area contributed by atoms with Gasteiger partial charge < -0.3 is 9.47 Å². The Bertz CT molecular complexity index is 874. The summed E-state index contributed by atoms with van der Waals surface area (Å²) < 4.78 is 12.2. The topological polar surface area (TPSA) is 35.5 Å². The van der Waals surface area contributed by atoms with Gasteiger partial charge >= 0.3 is 0 Å². The first kappa shape index (κ1) is 16.5. The number of rotatable bonds is 6. The molecule has 0 N–H and O–H groups in total. The van der Waals surface area contributed by atoms with Crippen molar-refractivity contribution in [1.82, 2.24) is 0 Å². The maximum Gasteiger partial charge on any atom is 0.162 e. The highest BCUT2D eigenvalue weighted by Crippen LogP contribution is 2.34. The van der Waals surface area contributed by atoms with Gasteiger partial charge in [0, 0.05) is 10.0 Å². The fraction of sp³-hybridized carbons (Fsp3) is 0.150. The second-order valence-electron chi connectivity index (χ2n) is 5.34. The van der Waals surface area contributed by atoms with Gasteiger partial charge in [-0.1, -0.05) is 36.4 Å². The van der Waals surface area contributed by atoms with Gasteiger partial charge in [0.25, 0.3) is 0 Å². The molecule has 0 aliphatic heterocycles. The predicted octanol–water partition coefficient (Wildman–Crippen LogP) is 5.39. The fourth-order valence-electron chi connectivity index (χ4n) is 2.51. The number of ether oxygens (including phenoxy) is 2. The number of carbonyl (C=O) groups is 1. The molecule has 0 aliphatic rings. The van der Waals surface area contributed by atoms with Crippen molar-refractivity contribution in [2.45, 2.75) is 13.5 Å². The fourth-order valence-corrected chi connectivity index (χ4v) is 2.93. The van der Waals surface area contributed by atoms with Crippen LogP contribution in [0.5, 0.6) is 11.5 Å². The van der Waals surface area contributed by atoms with Crippen molar-refractivity contribution in [3.05, 3.63) is 70.2 Å². The lowest BCUT2D eigenvalue weighted by Crippen LogP contribution is -2.01. The van der Waals surface area contributed by atoms with Crippen molar-refractivity contribution < 1.29 is 14.3 Å². The Hall–Kier alpha value is -2.33. The van der Waals surface area contributed by atoms with Crippen molar-refractivity contribution in [3.8, 4) is 11.5 Å². The van der Waals surface area contributed by atoms with Crippen molar-refractivity contribution >= 4 is 33.0 Å². The molecule has 122 valence electrons. The maximum absolute atomic E-state index is 11.1. The van der Waals surface area contributed by atoms with Crippen LogP contribution in [0.2, 0.25) is 0 Å². The summed E-state index contributed by atoms with van der Waals surface area (Å²) in [7, 11) is 0. The minimum atomic E-state index is 0.428. The molecular weight excluding hydrogens is 368 g/mol. The highest BCUT2D eigenvalue weighted by molar-refractivity contribution is 9.10. The molecule has 0 amide bonds. The summed E-state index contributed by atoms with van der Waals surface area (Å²) in [6.45, 7) is 2.83. The van der Waals surface area contributed by atoms with Crippen molar-refractivity contribution in [1.29, 1.82) is 0 Å². The lowest BCUT2D eigenvalue weighted by Gasteiger charge is -2.14. The zero-order chi connectivity index (χ0) is 16.9. The van der Waals surface area contributed by atoms with E-state index in [0.29, 0.717) is 34.7 Å². The average Bonchev–Trinajstić information content (AvgIpc) is 2.61. The molecule has 3 nitrogen and oxygen atoms in total. The van der Waals surface area contributed by atoms with Crippen LogP contribution < -0.4 is 9.47 Å². The maximum atomic E-state index is 11.1. The zero-order valence-electron chi connectivity index (χ0n) is 13.3. The van der Waals surface area contributed by atoms with Gasteiger partial charge in [0.1, 0.15) is 6.61 Å². The molecule has 0 heterocycles. The van der Waals surface area contributed by atoms with Crippen LogP contribution in [0.3, 0.4) is 0 Å². The zero-order valence-corrected chi connectivity index (χ0v) is 14.9. The summed E-state index contributed by atoms with van der Waals surface area (Å²) in [6, 6.07) is 17.9. The van der Waals surface area contributed by atoms with Crippen LogP contribution in [0.15, 0.2) is 59.1 Å². The number of hydrogen-bond acceptors (Lipinski definition) is 3. The van der Waals surface area contributed by atoms with E-state index in [2.05, 4.69) is 46.3 Å². The summed E-state index contributed by atoms with van der Waals surface area (Å²) >= 11 is 3.38. The Morgan fingerprint density at radius 2 is 1.71 bits per heavy atom. The van der Waals surface area contributed by atoms with E-state index in [4.69, 9.17) is 9.47 Å². The number of hydrogen-bond donors (Lipinski definition) is 0. The molecule has 3 rings (SSSR count). The largest absolute Gasteiger partial charge is 0.490 e. The number of benzene rings is 3. The van der Waals surface area contributed by atoms with Gasteiger partial charge in [-0.2, -0.15) is 0 Å². The first-order valence-corrected chi connectivity index (χ1v) is 8.52. The van der Waals surface area contributed by atoms with Gasteiger partial charge in [-0.3, -0.25) is 4.79 Å². The third kappa shape index (κ3) is 3.60. The minimum Gasteiger partial charge on any atom is -0.490 e. The lowest BCUT2D eigenvalue weighted by atomic mass is 10.1. The molecule has 4 heteroatoms. The third-order valence-corrected chi connectivity index (χ3v) is 4.38. The number of carbonyl (C=O) groups excluding carboxylic acids is 1. The lowest BCUT2D eigenvalue weighted by molar-refractivity contribution is 0.112. The van der Waals surface area contributed by atoms with E-state index in [9.17, 15) is 4.79 Å². The first-order valence-electron chi connectivity index (χ1n) is 7.73. The van der Waals surface area contributed by atoms with Crippen molar-refractivity contribution in [2.24, 2.45) is 0 Å². The van der Waals surface area contributed by atoms with E-state index in [1.807, 2.05) is 19.1 Å². The summed E-state index contributed by atoms with van der Waals surface area (Å²) in [6.07, 6.45) is 0.791. The minimum absolute atomic E-state index is 0.428. The molecule has 3 aromatic carbocycles. The standard InChI is InChI=1S/C20H17BrO3/c1-2-23-19-10-17(12-22)18(21)11-20(19)24-13-14-7-8-15-5-3-4-6-16(15)9-14/h3-12H,2,13H2,1H3. The summed E-state index contributed by atoms with van der Waals surface area (Å²) in [5, 5.41) is 2.38. The smallest absolute Gasteiger partial charge is 0.162 e.